The molecule has 0 aromatic carbocycles. The average molecular weight is 300 g/mol. The number of piperidine rings is 1. The Morgan fingerprint density at radius 1 is 1.43 bits per heavy atom. The summed E-state index contributed by atoms with van der Waals surface area (Å²) in [7, 11) is 1.20. The molecular weight excluding hydrogens is 280 g/mol. The van der Waals surface area contributed by atoms with Crippen molar-refractivity contribution in [1.82, 2.24) is 10.2 Å². The van der Waals surface area contributed by atoms with Crippen LogP contribution in [-0.2, 0) is 14.3 Å². The van der Waals surface area contributed by atoms with Gasteiger partial charge in [0.1, 0.15) is 11.6 Å². The van der Waals surface area contributed by atoms with E-state index in [1.165, 1.54) is 13.2 Å². The van der Waals surface area contributed by atoms with E-state index in [0.29, 0.717) is 0 Å². The van der Waals surface area contributed by atoms with Gasteiger partial charge >= 0.3 is 12.1 Å². The lowest BCUT2D eigenvalue weighted by Crippen LogP contribution is -2.57. The average Bonchev–Trinajstić information content (AvgIpc) is 2.46. The van der Waals surface area contributed by atoms with Gasteiger partial charge < -0.3 is 25.2 Å². The van der Waals surface area contributed by atoms with Gasteiger partial charge in [-0.25, -0.2) is 9.59 Å². The lowest BCUT2D eigenvalue weighted by atomic mass is 9.90. The van der Waals surface area contributed by atoms with Gasteiger partial charge in [0.25, 0.3) is 5.91 Å². The monoisotopic (exact) mass is 300 g/mol. The molecule has 0 aromatic rings. The van der Waals surface area contributed by atoms with Crippen molar-refractivity contribution < 1.29 is 29.3 Å². The first-order valence-corrected chi connectivity index (χ1v) is 6.54. The van der Waals surface area contributed by atoms with E-state index in [1.807, 2.05) is 0 Å². The van der Waals surface area contributed by atoms with E-state index in [1.54, 1.807) is 0 Å². The number of carbonyl (C=O) groups is 3. The molecule has 118 valence electrons. The summed E-state index contributed by atoms with van der Waals surface area (Å²) in [5.41, 5.74) is -1.68. The Labute approximate surface area is 122 Å². The summed E-state index contributed by atoms with van der Waals surface area (Å²) >= 11 is 0. The number of nitrogens with one attached hydrogen (secondary N) is 1. The Morgan fingerprint density at radius 3 is 2.43 bits per heavy atom. The number of aliphatic hydroxyl groups is 1. The van der Waals surface area contributed by atoms with Gasteiger partial charge in [0.2, 0.25) is 0 Å². The van der Waals surface area contributed by atoms with Crippen LogP contribution in [0.1, 0.15) is 19.3 Å². The fraction of sp³-hybridized carbons (Fsp3) is 0.615. The molecule has 1 atom stereocenters. The Hall–Kier alpha value is -2.09. The van der Waals surface area contributed by atoms with Gasteiger partial charge in [-0.05, 0) is 6.42 Å². The number of nitrogens with zero attached hydrogens (tertiary/aromatic N) is 1. The van der Waals surface area contributed by atoms with Crippen LogP contribution in [0, 0.1) is 0 Å². The van der Waals surface area contributed by atoms with E-state index in [0.717, 1.165) is 4.90 Å². The molecule has 1 heterocycles. The van der Waals surface area contributed by atoms with Crippen LogP contribution in [0.15, 0.2) is 12.7 Å². The normalized spacial score (nSPS) is 18.5. The highest BCUT2D eigenvalue weighted by Crippen LogP contribution is 2.23. The van der Waals surface area contributed by atoms with Gasteiger partial charge in [0.05, 0.1) is 7.11 Å². The fourth-order valence-corrected chi connectivity index (χ4v) is 2.11. The van der Waals surface area contributed by atoms with Crippen molar-refractivity contribution in [3.63, 3.8) is 0 Å². The van der Waals surface area contributed by atoms with E-state index in [4.69, 9.17) is 5.11 Å². The Balaban J connectivity index is 2.67. The number of ether oxygens (including phenoxy) is 1. The lowest BCUT2D eigenvalue weighted by molar-refractivity contribution is -0.151. The molecule has 3 N–H and O–H groups in total. The molecule has 8 nitrogen and oxygen atoms in total. The van der Waals surface area contributed by atoms with Gasteiger partial charge in [-0.1, -0.05) is 6.08 Å². The number of hydrogen-bond donors (Lipinski definition) is 3. The predicted octanol–water partition coefficient (Wildman–Crippen LogP) is -0.275. The zero-order valence-corrected chi connectivity index (χ0v) is 11.9. The third-order valence-corrected chi connectivity index (χ3v) is 3.48. The van der Waals surface area contributed by atoms with Crippen molar-refractivity contribution in [3.8, 4) is 0 Å². The molecule has 0 radical (unpaired) electrons. The standard InChI is InChI=1S/C13H20N2O6/c1-3-4-9(10(16)21-2)14-11(17)13(20)5-7-15(8-6-13)12(18)19/h3,9,20H,1,4-8H2,2H3,(H,14,17)(H,18,19)/t9-/m0/s1. The molecule has 0 bridgehead atoms. The highest BCUT2D eigenvalue weighted by Gasteiger charge is 2.41. The zero-order valence-electron chi connectivity index (χ0n) is 11.9. The van der Waals surface area contributed by atoms with Crippen molar-refractivity contribution in [2.24, 2.45) is 0 Å². The van der Waals surface area contributed by atoms with Crippen molar-refractivity contribution >= 4 is 18.0 Å². The molecule has 0 aromatic heterocycles. The molecule has 1 aliphatic rings. The summed E-state index contributed by atoms with van der Waals surface area (Å²) < 4.78 is 4.57. The number of rotatable bonds is 5. The maximum absolute atomic E-state index is 12.1. The molecule has 1 saturated heterocycles. The molecule has 0 saturated carbocycles. The van der Waals surface area contributed by atoms with E-state index in [9.17, 15) is 19.5 Å². The number of esters is 1. The quantitative estimate of drug-likeness (QED) is 0.475. The molecule has 0 unspecified atom stereocenters. The maximum Gasteiger partial charge on any atom is 0.407 e. The summed E-state index contributed by atoms with van der Waals surface area (Å²) in [5, 5.41) is 21.6. The van der Waals surface area contributed by atoms with E-state index in [2.05, 4.69) is 16.6 Å². The van der Waals surface area contributed by atoms with Crippen LogP contribution < -0.4 is 5.32 Å². The first kappa shape index (κ1) is 17.0. The van der Waals surface area contributed by atoms with Crippen molar-refractivity contribution in [3.05, 3.63) is 12.7 Å². The van der Waals surface area contributed by atoms with Crippen LogP contribution in [0.3, 0.4) is 0 Å². The zero-order chi connectivity index (χ0) is 16.0. The summed E-state index contributed by atoms with van der Waals surface area (Å²) in [6.07, 6.45) is 0.506. The van der Waals surface area contributed by atoms with Crippen LogP contribution >= 0.6 is 0 Å². The van der Waals surface area contributed by atoms with Crippen LogP contribution in [-0.4, -0.2) is 64.9 Å². The second-order valence-electron chi connectivity index (χ2n) is 4.87. The molecule has 21 heavy (non-hydrogen) atoms. The first-order chi connectivity index (χ1) is 9.84. The van der Waals surface area contributed by atoms with Gasteiger partial charge in [-0.2, -0.15) is 0 Å². The molecular formula is C13H20N2O6. The van der Waals surface area contributed by atoms with E-state index in [-0.39, 0.29) is 32.4 Å². The highest BCUT2D eigenvalue weighted by atomic mass is 16.5. The van der Waals surface area contributed by atoms with Crippen molar-refractivity contribution in [1.29, 1.82) is 0 Å². The molecule has 0 aliphatic carbocycles. The minimum Gasteiger partial charge on any atom is -0.467 e. The molecule has 1 rings (SSSR count). The maximum atomic E-state index is 12.1. The Bertz CT molecular complexity index is 428. The lowest BCUT2D eigenvalue weighted by Gasteiger charge is -2.36. The first-order valence-electron chi connectivity index (χ1n) is 6.54. The van der Waals surface area contributed by atoms with Crippen molar-refractivity contribution in [2.75, 3.05) is 20.2 Å². The molecule has 2 amide bonds. The van der Waals surface area contributed by atoms with E-state index >= 15 is 0 Å². The summed E-state index contributed by atoms with van der Waals surface area (Å²) in [6.45, 7) is 3.61. The third-order valence-electron chi connectivity index (χ3n) is 3.48. The number of carbonyl (C=O) groups excluding carboxylic acids is 2. The van der Waals surface area contributed by atoms with Gasteiger partial charge in [0.15, 0.2) is 0 Å². The largest absolute Gasteiger partial charge is 0.467 e. The smallest absolute Gasteiger partial charge is 0.407 e. The third kappa shape index (κ3) is 4.19. The van der Waals surface area contributed by atoms with Gasteiger partial charge in [-0.15, -0.1) is 6.58 Å². The molecule has 1 aliphatic heterocycles. The number of carboxylic acid groups (broad SMARTS) is 1. The van der Waals surface area contributed by atoms with Crippen LogP contribution in [0.5, 0.6) is 0 Å². The highest BCUT2D eigenvalue weighted by molar-refractivity contribution is 5.89. The predicted molar refractivity (Wildman–Crippen MR) is 72.5 cm³/mol. The number of hydrogen-bond acceptors (Lipinski definition) is 5. The van der Waals surface area contributed by atoms with Crippen LogP contribution in [0.2, 0.25) is 0 Å². The van der Waals surface area contributed by atoms with Crippen LogP contribution in [0.4, 0.5) is 4.79 Å². The minimum absolute atomic E-state index is 0.0207. The number of methoxy groups -OCH3 is 1. The second-order valence-corrected chi connectivity index (χ2v) is 4.87. The van der Waals surface area contributed by atoms with Gasteiger partial charge in [0, 0.05) is 25.9 Å². The second kappa shape index (κ2) is 7.07. The SMILES string of the molecule is C=CC[C@H](NC(=O)C1(O)CCN(C(=O)O)CC1)C(=O)OC. The topological polar surface area (TPSA) is 116 Å². The summed E-state index contributed by atoms with van der Waals surface area (Å²) in [6, 6.07) is -0.915. The van der Waals surface area contributed by atoms with Crippen molar-refractivity contribution in [2.45, 2.75) is 30.9 Å². The minimum atomic E-state index is -1.68. The molecule has 1 fully saturated rings. The Kier molecular flexibility index (Phi) is 5.71. The molecule has 8 heteroatoms. The number of likely N-dealkylation sites (tertiary alicyclic amines) is 1. The van der Waals surface area contributed by atoms with Gasteiger partial charge in [-0.3, -0.25) is 4.79 Å². The van der Waals surface area contributed by atoms with E-state index < -0.39 is 29.6 Å². The Morgan fingerprint density at radius 2 is 2.00 bits per heavy atom. The summed E-state index contributed by atoms with van der Waals surface area (Å²) in [5.74, 6) is -1.33. The van der Waals surface area contributed by atoms with Crippen LogP contribution in [0.25, 0.3) is 0 Å². The number of amides is 2. The molecule has 0 spiro atoms. The summed E-state index contributed by atoms with van der Waals surface area (Å²) in [4.78, 5) is 35.6. The fourth-order valence-electron chi connectivity index (χ4n) is 2.11.